The van der Waals surface area contributed by atoms with Crippen molar-refractivity contribution < 1.29 is 14.3 Å². The molecule has 0 unspecified atom stereocenters. The molecule has 0 saturated heterocycles. The van der Waals surface area contributed by atoms with Gasteiger partial charge in [0.05, 0.1) is 12.1 Å². The van der Waals surface area contributed by atoms with Gasteiger partial charge < -0.3 is 14.3 Å². The summed E-state index contributed by atoms with van der Waals surface area (Å²) in [5, 5.41) is 9.74. The lowest BCUT2D eigenvalue weighted by molar-refractivity contribution is 0.414. The minimum Gasteiger partial charge on any atom is -0.508 e. The van der Waals surface area contributed by atoms with Crippen LogP contribution in [0.2, 0.25) is 5.02 Å². The van der Waals surface area contributed by atoms with E-state index < -0.39 is 0 Å². The zero-order valence-corrected chi connectivity index (χ0v) is 10.8. The molecule has 3 aromatic rings. The Balaban J connectivity index is 2.16. The Morgan fingerprint density at radius 3 is 2.63 bits per heavy atom. The number of fused-ring (bicyclic) bond motifs is 1. The van der Waals surface area contributed by atoms with Crippen LogP contribution in [0, 0.1) is 0 Å². The molecule has 0 atom stereocenters. The molecule has 96 valence electrons. The number of methoxy groups -OCH3 is 1. The monoisotopic (exact) mass is 275 g/mol. The van der Waals surface area contributed by atoms with E-state index in [0.717, 1.165) is 5.56 Å². The van der Waals surface area contributed by atoms with E-state index in [2.05, 4.69) is 4.98 Å². The molecule has 0 aliphatic heterocycles. The number of phenolic OH excluding ortho intramolecular Hbond substituents is 1. The van der Waals surface area contributed by atoms with Gasteiger partial charge in [0.1, 0.15) is 17.0 Å². The number of nitrogens with zero attached hydrogens (tertiary/aromatic N) is 1. The molecule has 0 fully saturated rings. The van der Waals surface area contributed by atoms with E-state index in [1.54, 1.807) is 43.5 Å². The number of ether oxygens (including phenoxy) is 1. The quantitative estimate of drug-likeness (QED) is 0.771. The fraction of sp³-hybridized carbons (Fsp3) is 0.0714. The maximum Gasteiger partial charge on any atom is 0.227 e. The van der Waals surface area contributed by atoms with Gasteiger partial charge in [-0.15, -0.1) is 0 Å². The minimum absolute atomic E-state index is 0.194. The van der Waals surface area contributed by atoms with Crippen LogP contribution < -0.4 is 4.74 Å². The molecule has 3 rings (SSSR count). The first-order valence-electron chi connectivity index (χ1n) is 5.61. The van der Waals surface area contributed by atoms with Crippen LogP contribution in [0.5, 0.6) is 11.5 Å². The highest BCUT2D eigenvalue weighted by molar-refractivity contribution is 6.35. The van der Waals surface area contributed by atoms with Gasteiger partial charge in [-0.2, -0.15) is 0 Å². The molecule has 2 aromatic carbocycles. The lowest BCUT2D eigenvalue weighted by Gasteiger charge is -1.98. The average molecular weight is 276 g/mol. The second kappa shape index (κ2) is 4.48. The van der Waals surface area contributed by atoms with Crippen molar-refractivity contribution in [2.75, 3.05) is 7.11 Å². The van der Waals surface area contributed by atoms with E-state index in [9.17, 15) is 5.11 Å². The molecule has 1 aromatic heterocycles. The number of rotatable bonds is 2. The number of benzene rings is 2. The second-order valence-corrected chi connectivity index (χ2v) is 4.43. The topological polar surface area (TPSA) is 55.5 Å². The average Bonchev–Trinajstić information content (AvgIpc) is 2.84. The molecule has 0 spiro atoms. The summed E-state index contributed by atoms with van der Waals surface area (Å²) in [5.41, 5.74) is 1.92. The molecule has 1 heterocycles. The summed E-state index contributed by atoms with van der Waals surface area (Å²) in [5.74, 6) is 1.26. The van der Waals surface area contributed by atoms with E-state index in [1.165, 1.54) is 0 Å². The van der Waals surface area contributed by atoms with Gasteiger partial charge in [0.2, 0.25) is 5.89 Å². The Morgan fingerprint density at radius 2 is 1.95 bits per heavy atom. The molecule has 0 saturated carbocycles. The summed E-state index contributed by atoms with van der Waals surface area (Å²) in [7, 11) is 1.56. The van der Waals surface area contributed by atoms with Gasteiger partial charge in [0, 0.05) is 17.7 Å². The fourth-order valence-corrected chi connectivity index (χ4v) is 2.05. The smallest absolute Gasteiger partial charge is 0.227 e. The number of oxazole rings is 1. The van der Waals surface area contributed by atoms with Crippen LogP contribution in [0.1, 0.15) is 0 Å². The van der Waals surface area contributed by atoms with E-state index in [4.69, 9.17) is 20.8 Å². The zero-order chi connectivity index (χ0) is 13.4. The molecule has 0 radical (unpaired) electrons. The Hall–Kier alpha value is -2.20. The summed E-state index contributed by atoms with van der Waals surface area (Å²) >= 11 is 6.12. The van der Waals surface area contributed by atoms with Crippen molar-refractivity contribution in [3.8, 4) is 23.0 Å². The molecule has 1 N–H and O–H groups in total. The Kier molecular flexibility index (Phi) is 2.80. The first-order chi connectivity index (χ1) is 9.17. The SMILES string of the molecule is COc1cc(Cl)c2nc(-c3ccc(O)cc3)oc2c1. The van der Waals surface area contributed by atoms with Crippen molar-refractivity contribution in [3.63, 3.8) is 0 Å². The third-order valence-electron chi connectivity index (χ3n) is 2.77. The third-order valence-corrected chi connectivity index (χ3v) is 3.06. The molecule has 0 aliphatic carbocycles. The Bertz CT molecular complexity index is 734. The number of hydrogen-bond donors (Lipinski definition) is 1. The van der Waals surface area contributed by atoms with E-state index in [-0.39, 0.29) is 5.75 Å². The van der Waals surface area contributed by atoms with Crippen molar-refractivity contribution >= 4 is 22.7 Å². The third kappa shape index (κ3) is 2.11. The lowest BCUT2D eigenvalue weighted by Crippen LogP contribution is -1.82. The lowest BCUT2D eigenvalue weighted by atomic mass is 10.2. The van der Waals surface area contributed by atoms with Gasteiger partial charge in [-0.05, 0) is 24.3 Å². The predicted molar refractivity (Wildman–Crippen MR) is 72.7 cm³/mol. The first-order valence-corrected chi connectivity index (χ1v) is 5.98. The van der Waals surface area contributed by atoms with Gasteiger partial charge in [-0.1, -0.05) is 11.6 Å². The van der Waals surface area contributed by atoms with Crippen LogP contribution in [0.3, 0.4) is 0 Å². The predicted octanol–water partition coefficient (Wildman–Crippen LogP) is 3.86. The highest BCUT2D eigenvalue weighted by Gasteiger charge is 2.12. The van der Waals surface area contributed by atoms with Crippen LogP contribution in [0.15, 0.2) is 40.8 Å². The van der Waals surface area contributed by atoms with Crippen LogP contribution in [-0.2, 0) is 0 Å². The molecule has 4 nitrogen and oxygen atoms in total. The van der Waals surface area contributed by atoms with E-state index in [1.807, 2.05) is 0 Å². The van der Waals surface area contributed by atoms with Crippen LogP contribution >= 0.6 is 11.6 Å². The summed E-state index contributed by atoms with van der Waals surface area (Å²) in [6.07, 6.45) is 0. The molecular weight excluding hydrogens is 266 g/mol. The van der Waals surface area contributed by atoms with Crippen LogP contribution in [0.25, 0.3) is 22.6 Å². The zero-order valence-electron chi connectivity index (χ0n) is 10.1. The molecule has 5 heteroatoms. The van der Waals surface area contributed by atoms with E-state index in [0.29, 0.717) is 27.8 Å². The van der Waals surface area contributed by atoms with Gasteiger partial charge >= 0.3 is 0 Å². The largest absolute Gasteiger partial charge is 0.508 e. The summed E-state index contributed by atoms with van der Waals surface area (Å²) < 4.78 is 10.8. The minimum atomic E-state index is 0.194. The highest BCUT2D eigenvalue weighted by Crippen LogP contribution is 2.32. The van der Waals surface area contributed by atoms with Crippen LogP contribution in [0.4, 0.5) is 0 Å². The molecular formula is C14H10ClNO3. The maximum absolute atomic E-state index is 9.27. The number of aromatic hydroxyl groups is 1. The summed E-state index contributed by atoms with van der Waals surface area (Å²) in [6, 6.07) is 10.0. The normalized spacial score (nSPS) is 10.8. The number of phenols is 1. The fourth-order valence-electron chi connectivity index (χ4n) is 1.81. The van der Waals surface area contributed by atoms with Gasteiger partial charge in [0.15, 0.2) is 5.58 Å². The maximum atomic E-state index is 9.27. The van der Waals surface area contributed by atoms with Crippen molar-refractivity contribution in [3.05, 3.63) is 41.4 Å². The van der Waals surface area contributed by atoms with Crippen molar-refractivity contribution in [2.24, 2.45) is 0 Å². The standard InChI is InChI=1S/C14H10ClNO3/c1-18-10-6-11(15)13-12(7-10)19-14(16-13)8-2-4-9(17)5-3-8/h2-7,17H,1H3. The van der Waals surface area contributed by atoms with Gasteiger partial charge in [0.25, 0.3) is 0 Å². The molecule has 0 aliphatic rings. The van der Waals surface area contributed by atoms with Gasteiger partial charge in [-0.3, -0.25) is 0 Å². The Labute approximate surface area is 114 Å². The summed E-state index contributed by atoms with van der Waals surface area (Å²) in [6.45, 7) is 0. The highest BCUT2D eigenvalue weighted by atomic mass is 35.5. The molecule has 0 bridgehead atoms. The van der Waals surface area contributed by atoms with Crippen molar-refractivity contribution in [1.82, 2.24) is 4.98 Å². The second-order valence-electron chi connectivity index (χ2n) is 4.02. The Morgan fingerprint density at radius 1 is 1.21 bits per heavy atom. The number of hydrogen-bond acceptors (Lipinski definition) is 4. The number of halogens is 1. The van der Waals surface area contributed by atoms with Gasteiger partial charge in [-0.25, -0.2) is 4.98 Å². The number of aromatic nitrogens is 1. The van der Waals surface area contributed by atoms with Crippen LogP contribution in [-0.4, -0.2) is 17.2 Å². The van der Waals surface area contributed by atoms with Crippen molar-refractivity contribution in [1.29, 1.82) is 0 Å². The molecule has 0 amide bonds. The first kappa shape index (κ1) is 11.9. The van der Waals surface area contributed by atoms with Crippen molar-refractivity contribution in [2.45, 2.75) is 0 Å². The van der Waals surface area contributed by atoms with E-state index >= 15 is 0 Å². The molecule has 19 heavy (non-hydrogen) atoms. The summed E-state index contributed by atoms with van der Waals surface area (Å²) in [4.78, 5) is 4.35.